The van der Waals surface area contributed by atoms with Gasteiger partial charge in [0.2, 0.25) is 0 Å². The van der Waals surface area contributed by atoms with Crippen molar-refractivity contribution in [3.8, 4) is 11.3 Å². The Kier molecular flexibility index (Phi) is 4.55. The highest BCUT2D eigenvalue weighted by Gasteiger charge is 2.15. The Hall–Kier alpha value is -2.37. The minimum atomic E-state index is -0.400. The van der Waals surface area contributed by atoms with Crippen molar-refractivity contribution >= 4 is 34.8 Å². The average Bonchev–Trinajstić information content (AvgIpc) is 2.93. The van der Waals surface area contributed by atoms with E-state index in [0.717, 1.165) is 5.56 Å². The van der Waals surface area contributed by atoms with Crippen LogP contribution in [0.15, 0.2) is 48.5 Å². The van der Waals surface area contributed by atoms with Crippen LogP contribution in [0, 0.1) is 5.82 Å². The van der Waals surface area contributed by atoms with E-state index < -0.39 is 5.91 Å². The molecule has 0 aliphatic rings. The summed E-state index contributed by atoms with van der Waals surface area (Å²) < 4.78 is 14.6. The second kappa shape index (κ2) is 6.63. The zero-order chi connectivity index (χ0) is 17.3. The number of amides is 1. The SMILES string of the molecule is Cn1nc(C(=O)Nc2ccc(Cl)cc2Cl)cc1-c1ccc(F)cc1. The van der Waals surface area contributed by atoms with Crippen LogP contribution in [0.2, 0.25) is 10.0 Å². The summed E-state index contributed by atoms with van der Waals surface area (Å²) in [7, 11) is 1.71. The molecule has 0 aliphatic heterocycles. The van der Waals surface area contributed by atoms with Crippen molar-refractivity contribution in [2.75, 3.05) is 5.32 Å². The lowest BCUT2D eigenvalue weighted by atomic mass is 10.1. The third kappa shape index (κ3) is 3.42. The van der Waals surface area contributed by atoms with Crippen LogP contribution in [0.25, 0.3) is 11.3 Å². The Morgan fingerprint density at radius 2 is 1.83 bits per heavy atom. The summed E-state index contributed by atoms with van der Waals surface area (Å²) in [6.07, 6.45) is 0. The average molecular weight is 364 g/mol. The molecular weight excluding hydrogens is 352 g/mol. The fraction of sp³-hybridized carbons (Fsp3) is 0.0588. The molecule has 3 rings (SSSR count). The summed E-state index contributed by atoms with van der Waals surface area (Å²) in [5, 5.41) is 7.70. The maximum Gasteiger partial charge on any atom is 0.276 e. The lowest BCUT2D eigenvalue weighted by Gasteiger charge is -2.05. The van der Waals surface area contributed by atoms with Gasteiger partial charge in [0.05, 0.1) is 16.4 Å². The Balaban J connectivity index is 1.86. The van der Waals surface area contributed by atoms with Gasteiger partial charge >= 0.3 is 0 Å². The molecule has 0 unspecified atom stereocenters. The number of anilines is 1. The van der Waals surface area contributed by atoms with E-state index in [4.69, 9.17) is 23.2 Å². The zero-order valence-electron chi connectivity index (χ0n) is 12.6. The predicted molar refractivity (Wildman–Crippen MR) is 93.0 cm³/mol. The van der Waals surface area contributed by atoms with E-state index in [2.05, 4.69) is 10.4 Å². The highest BCUT2D eigenvalue weighted by atomic mass is 35.5. The van der Waals surface area contributed by atoms with E-state index in [0.29, 0.717) is 21.4 Å². The van der Waals surface area contributed by atoms with Gasteiger partial charge in [0.15, 0.2) is 5.69 Å². The third-order valence-corrected chi connectivity index (χ3v) is 3.98. The van der Waals surface area contributed by atoms with E-state index in [1.807, 2.05) is 0 Å². The van der Waals surface area contributed by atoms with Gasteiger partial charge in [-0.3, -0.25) is 9.48 Å². The number of hydrogen-bond donors (Lipinski definition) is 1. The van der Waals surface area contributed by atoms with Crippen molar-refractivity contribution in [2.24, 2.45) is 7.05 Å². The van der Waals surface area contributed by atoms with Crippen LogP contribution in [0.4, 0.5) is 10.1 Å². The minimum absolute atomic E-state index is 0.225. The molecule has 3 aromatic rings. The summed E-state index contributed by atoms with van der Waals surface area (Å²) in [5.41, 5.74) is 2.13. The van der Waals surface area contributed by atoms with Gasteiger partial charge in [-0.05, 0) is 54.1 Å². The number of nitrogens with one attached hydrogen (secondary N) is 1. The van der Waals surface area contributed by atoms with Gasteiger partial charge < -0.3 is 5.32 Å². The van der Waals surface area contributed by atoms with Crippen LogP contribution in [0.1, 0.15) is 10.5 Å². The Bertz CT molecular complexity index is 907. The van der Waals surface area contributed by atoms with Gasteiger partial charge in [0.1, 0.15) is 5.82 Å². The predicted octanol–water partition coefficient (Wildman–Crippen LogP) is 4.79. The largest absolute Gasteiger partial charge is 0.319 e. The van der Waals surface area contributed by atoms with Gasteiger partial charge in [0.25, 0.3) is 5.91 Å². The summed E-state index contributed by atoms with van der Waals surface area (Å²) >= 11 is 11.9. The second-order valence-corrected chi connectivity index (χ2v) is 5.97. The number of aromatic nitrogens is 2. The molecule has 0 bridgehead atoms. The smallest absolute Gasteiger partial charge is 0.276 e. The molecular formula is C17H12Cl2FN3O. The van der Waals surface area contributed by atoms with Crippen LogP contribution < -0.4 is 5.32 Å². The van der Waals surface area contributed by atoms with Crippen LogP contribution in [-0.2, 0) is 7.05 Å². The van der Waals surface area contributed by atoms with Crippen molar-refractivity contribution in [2.45, 2.75) is 0 Å². The first kappa shape index (κ1) is 16.5. The monoisotopic (exact) mass is 363 g/mol. The molecule has 0 atom stereocenters. The van der Waals surface area contributed by atoms with Gasteiger partial charge in [-0.15, -0.1) is 0 Å². The molecule has 24 heavy (non-hydrogen) atoms. The first-order valence-corrected chi connectivity index (χ1v) is 7.76. The third-order valence-electron chi connectivity index (χ3n) is 3.43. The standard InChI is InChI=1S/C17H12Cl2FN3O/c1-23-16(10-2-5-12(20)6-3-10)9-15(22-23)17(24)21-14-7-4-11(18)8-13(14)19/h2-9H,1H3,(H,21,24). The van der Waals surface area contributed by atoms with Crippen molar-refractivity contribution in [3.63, 3.8) is 0 Å². The molecule has 4 nitrogen and oxygen atoms in total. The van der Waals surface area contributed by atoms with Gasteiger partial charge in [0, 0.05) is 12.1 Å². The molecule has 1 heterocycles. The fourth-order valence-corrected chi connectivity index (χ4v) is 2.70. The van der Waals surface area contributed by atoms with Gasteiger partial charge in [-0.2, -0.15) is 5.10 Å². The second-order valence-electron chi connectivity index (χ2n) is 5.12. The summed E-state index contributed by atoms with van der Waals surface area (Å²) in [6, 6.07) is 12.4. The minimum Gasteiger partial charge on any atom is -0.319 e. The van der Waals surface area contributed by atoms with E-state index >= 15 is 0 Å². The van der Waals surface area contributed by atoms with Gasteiger partial charge in [-0.25, -0.2) is 4.39 Å². The first-order chi connectivity index (χ1) is 11.4. The van der Waals surface area contributed by atoms with Gasteiger partial charge in [-0.1, -0.05) is 23.2 Å². The molecule has 2 aromatic carbocycles. The van der Waals surface area contributed by atoms with E-state index in [9.17, 15) is 9.18 Å². The van der Waals surface area contributed by atoms with Crippen LogP contribution >= 0.6 is 23.2 Å². The number of halogens is 3. The Morgan fingerprint density at radius 3 is 2.50 bits per heavy atom. The topological polar surface area (TPSA) is 46.9 Å². The number of hydrogen-bond acceptors (Lipinski definition) is 2. The first-order valence-electron chi connectivity index (χ1n) is 7.00. The van der Waals surface area contributed by atoms with Crippen LogP contribution in [-0.4, -0.2) is 15.7 Å². The Morgan fingerprint density at radius 1 is 1.12 bits per heavy atom. The maximum absolute atomic E-state index is 13.0. The summed E-state index contributed by atoms with van der Waals surface area (Å²) in [4.78, 5) is 12.4. The molecule has 122 valence electrons. The van der Waals surface area contributed by atoms with E-state index in [-0.39, 0.29) is 11.5 Å². The number of carbonyl (C=O) groups is 1. The lowest BCUT2D eigenvalue weighted by Crippen LogP contribution is -2.13. The number of benzene rings is 2. The van der Waals surface area contributed by atoms with Crippen LogP contribution in [0.5, 0.6) is 0 Å². The van der Waals surface area contributed by atoms with Crippen molar-refractivity contribution in [3.05, 3.63) is 70.1 Å². The number of aryl methyl sites for hydroxylation is 1. The summed E-state index contributed by atoms with van der Waals surface area (Å²) in [5.74, 6) is -0.723. The molecule has 1 aromatic heterocycles. The molecule has 0 radical (unpaired) electrons. The fourth-order valence-electron chi connectivity index (χ4n) is 2.25. The van der Waals surface area contributed by atoms with Crippen molar-refractivity contribution in [1.82, 2.24) is 9.78 Å². The zero-order valence-corrected chi connectivity index (χ0v) is 14.1. The number of rotatable bonds is 3. The molecule has 0 saturated carbocycles. The van der Waals surface area contributed by atoms with Crippen molar-refractivity contribution < 1.29 is 9.18 Å². The van der Waals surface area contributed by atoms with E-state index in [1.54, 1.807) is 48.1 Å². The normalized spacial score (nSPS) is 10.7. The highest BCUT2D eigenvalue weighted by molar-refractivity contribution is 6.36. The molecule has 0 aliphatic carbocycles. The molecule has 7 heteroatoms. The molecule has 0 spiro atoms. The van der Waals surface area contributed by atoms with Crippen LogP contribution in [0.3, 0.4) is 0 Å². The summed E-state index contributed by atoms with van der Waals surface area (Å²) in [6.45, 7) is 0. The number of carbonyl (C=O) groups excluding carboxylic acids is 1. The van der Waals surface area contributed by atoms with E-state index in [1.165, 1.54) is 12.1 Å². The molecule has 1 N–H and O–H groups in total. The Labute approximate surface area is 147 Å². The molecule has 1 amide bonds. The molecule has 0 fully saturated rings. The molecule has 0 saturated heterocycles. The maximum atomic E-state index is 13.0. The van der Waals surface area contributed by atoms with Crippen molar-refractivity contribution in [1.29, 1.82) is 0 Å². The number of nitrogens with zero attached hydrogens (tertiary/aromatic N) is 2. The quantitative estimate of drug-likeness (QED) is 0.727. The lowest BCUT2D eigenvalue weighted by molar-refractivity contribution is 0.102. The highest BCUT2D eigenvalue weighted by Crippen LogP contribution is 2.26.